The maximum absolute atomic E-state index is 4.88. The van der Waals surface area contributed by atoms with E-state index in [1.807, 2.05) is 0 Å². The predicted molar refractivity (Wildman–Crippen MR) is 28.4 cm³/mol. The van der Waals surface area contributed by atoms with E-state index in [-0.39, 0.29) is 12.0 Å². The van der Waals surface area contributed by atoms with Gasteiger partial charge in [-0.2, -0.15) is 0 Å². The van der Waals surface area contributed by atoms with Crippen molar-refractivity contribution in [2.45, 2.75) is 0 Å². The highest BCUT2D eigenvalue weighted by Crippen LogP contribution is 2.05. The Morgan fingerprint density at radius 3 is 1.82 bits per heavy atom. The molecular formula is C2H2N8O. The highest BCUT2D eigenvalue weighted by molar-refractivity contribution is 4.95. The number of rotatable bonds is 2. The first-order valence-electron chi connectivity index (χ1n) is 2.60. The molecule has 2 rings (SSSR count). The van der Waals surface area contributed by atoms with E-state index in [4.69, 9.17) is 4.74 Å². The van der Waals surface area contributed by atoms with Gasteiger partial charge in [0.15, 0.2) is 0 Å². The fraction of sp³-hybridized carbons (Fsp3) is 0. The molecule has 0 fully saturated rings. The van der Waals surface area contributed by atoms with Gasteiger partial charge < -0.3 is 4.74 Å². The molecule has 2 aromatic heterocycles. The first-order chi connectivity index (χ1) is 5.45. The Balaban J connectivity index is 2.14. The normalized spacial score (nSPS) is 9.82. The van der Waals surface area contributed by atoms with Gasteiger partial charge >= 0.3 is 12.0 Å². The second kappa shape index (κ2) is 2.28. The van der Waals surface area contributed by atoms with E-state index in [1.54, 1.807) is 0 Å². The van der Waals surface area contributed by atoms with Crippen LogP contribution >= 0.6 is 0 Å². The molecule has 9 nitrogen and oxygen atoms in total. The van der Waals surface area contributed by atoms with E-state index in [2.05, 4.69) is 41.2 Å². The summed E-state index contributed by atoms with van der Waals surface area (Å²) in [5, 5.41) is 24.7. The molecule has 0 spiro atoms. The van der Waals surface area contributed by atoms with Crippen LogP contribution in [0, 0.1) is 0 Å². The number of hydrogen-bond donors (Lipinski definition) is 2. The van der Waals surface area contributed by atoms with Crippen LogP contribution in [-0.2, 0) is 0 Å². The third-order valence-corrected chi connectivity index (χ3v) is 0.845. The number of ether oxygens (including phenoxy) is 1. The third-order valence-electron chi connectivity index (χ3n) is 0.845. The molecule has 0 atom stereocenters. The van der Waals surface area contributed by atoms with Gasteiger partial charge in [-0.3, -0.25) is 0 Å². The summed E-state index contributed by atoms with van der Waals surface area (Å²) in [6.07, 6.45) is 0. The molecule has 0 aliphatic heterocycles. The first-order valence-corrected chi connectivity index (χ1v) is 2.60. The van der Waals surface area contributed by atoms with Crippen LogP contribution < -0.4 is 4.74 Å². The lowest BCUT2D eigenvalue weighted by Crippen LogP contribution is -1.88. The van der Waals surface area contributed by atoms with Gasteiger partial charge in [0.25, 0.3) is 0 Å². The Labute approximate surface area is 59.1 Å². The molecule has 0 bridgehead atoms. The van der Waals surface area contributed by atoms with Crippen molar-refractivity contribution in [2.24, 2.45) is 0 Å². The zero-order valence-corrected chi connectivity index (χ0v) is 5.09. The summed E-state index contributed by atoms with van der Waals surface area (Å²) in [5.41, 5.74) is 0. The zero-order valence-electron chi connectivity index (χ0n) is 5.09. The molecule has 2 heterocycles. The van der Waals surface area contributed by atoms with E-state index in [0.717, 1.165) is 0 Å². The molecule has 0 aromatic carbocycles. The van der Waals surface area contributed by atoms with Gasteiger partial charge in [0.2, 0.25) is 0 Å². The van der Waals surface area contributed by atoms with E-state index < -0.39 is 0 Å². The number of hydrogen-bond acceptors (Lipinski definition) is 7. The predicted octanol–water partition coefficient (Wildman–Crippen LogP) is -1.49. The summed E-state index contributed by atoms with van der Waals surface area (Å²) in [6.45, 7) is 0. The summed E-state index contributed by atoms with van der Waals surface area (Å²) in [4.78, 5) is 0. The number of nitrogens with zero attached hydrogens (tertiary/aromatic N) is 6. The Bertz CT molecular complexity index is 264. The first kappa shape index (κ1) is 5.70. The monoisotopic (exact) mass is 154 g/mol. The average Bonchev–Trinajstić information content (AvgIpc) is 2.60. The molecule has 0 saturated carbocycles. The van der Waals surface area contributed by atoms with Crippen molar-refractivity contribution in [2.75, 3.05) is 0 Å². The lowest BCUT2D eigenvalue weighted by molar-refractivity contribution is 0.408. The summed E-state index contributed by atoms with van der Waals surface area (Å²) in [6, 6.07) is 0.257. The van der Waals surface area contributed by atoms with Crippen LogP contribution in [0.25, 0.3) is 0 Å². The maximum Gasteiger partial charge on any atom is 0.340 e. The number of H-pyrrole nitrogens is 2. The van der Waals surface area contributed by atoms with Crippen molar-refractivity contribution < 1.29 is 4.74 Å². The lowest BCUT2D eigenvalue weighted by atomic mass is 11.1. The minimum absolute atomic E-state index is 0.128. The highest BCUT2D eigenvalue weighted by Gasteiger charge is 2.01. The Morgan fingerprint density at radius 2 is 1.45 bits per heavy atom. The molecule has 0 aliphatic rings. The minimum atomic E-state index is 0.128. The van der Waals surface area contributed by atoms with Gasteiger partial charge in [0, 0.05) is 0 Å². The SMILES string of the molecule is n1n[nH]c(Oc2nnn[nH]2)n1. The average molecular weight is 154 g/mol. The molecule has 0 unspecified atom stereocenters. The molecule has 2 N–H and O–H groups in total. The van der Waals surface area contributed by atoms with Crippen molar-refractivity contribution in [1.29, 1.82) is 0 Å². The third kappa shape index (κ3) is 1.10. The van der Waals surface area contributed by atoms with E-state index in [1.165, 1.54) is 0 Å². The summed E-state index contributed by atoms with van der Waals surface area (Å²) in [5.74, 6) is 0. The van der Waals surface area contributed by atoms with Crippen LogP contribution in [0.3, 0.4) is 0 Å². The smallest absolute Gasteiger partial charge is 0.340 e. The summed E-state index contributed by atoms with van der Waals surface area (Å²) < 4.78 is 4.88. The van der Waals surface area contributed by atoms with Crippen molar-refractivity contribution >= 4 is 0 Å². The lowest BCUT2D eigenvalue weighted by Gasteiger charge is -1.89. The van der Waals surface area contributed by atoms with Gasteiger partial charge in [-0.05, 0) is 20.9 Å². The largest absolute Gasteiger partial charge is 0.387 e. The van der Waals surface area contributed by atoms with Gasteiger partial charge in [-0.25, -0.2) is 10.2 Å². The van der Waals surface area contributed by atoms with Gasteiger partial charge in [0.1, 0.15) is 0 Å². The molecule has 0 saturated heterocycles. The Morgan fingerprint density at radius 1 is 0.909 bits per heavy atom. The number of aromatic nitrogens is 8. The van der Waals surface area contributed by atoms with Crippen molar-refractivity contribution in [3.63, 3.8) is 0 Å². The molecule has 11 heavy (non-hydrogen) atoms. The molecular weight excluding hydrogens is 152 g/mol. The van der Waals surface area contributed by atoms with Crippen molar-refractivity contribution in [3.8, 4) is 12.0 Å². The summed E-state index contributed by atoms with van der Waals surface area (Å²) in [7, 11) is 0. The fourth-order valence-corrected chi connectivity index (χ4v) is 0.479. The highest BCUT2D eigenvalue weighted by atomic mass is 16.5. The Kier molecular flexibility index (Phi) is 1.18. The molecule has 0 aliphatic carbocycles. The van der Waals surface area contributed by atoms with Crippen LogP contribution in [0.15, 0.2) is 0 Å². The van der Waals surface area contributed by atoms with Crippen LogP contribution in [0.1, 0.15) is 0 Å². The van der Waals surface area contributed by atoms with E-state index in [0.29, 0.717) is 0 Å². The van der Waals surface area contributed by atoms with Gasteiger partial charge in [-0.1, -0.05) is 10.2 Å². The summed E-state index contributed by atoms with van der Waals surface area (Å²) >= 11 is 0. The second-order valence-corrected chi connectivity index (χ2v) is 1.51. The van der Waals surface area contributed by atoms with Crippen LogP contribution in [0.4, 0.5) is 0 Å². The molecule has 0 amide bonds. The molecule has 9 heteroatoms. The van der Waals surface area contributed by atoms with Crippen molar-refractivity contribution in [1.82, 2.24) is 41.2 Å². The van der Waals surface area contributed by atoms with Crippen LogP contribution in [-0.4, -0.2) is 41.2 Å². The Hall–Kier alpha value is -2.06. The van der Waals surface area contributed by atoms with Crippen LogP contribution in [0.5, 0.6) is 12.0 Å². The van der Waals surface area contributed by atoms with Gasteiger partial charge in [0.05, 0.1) is 0 Å². The van der Waals surface area contributed by atoms with E-state index >= 15 is 0 Å². The fourth-order valence-electron chi connectivity index (χ4n) is 0.479. The topological polar surface area (TPSA) is 118 Å². The van der Waals surface area contributed by atoms with Gasteiger partial charge in [-0.15, -0.1) is 0 Å². The minimum Gasteiger partial charge on any atom is -0.387 e. The number of aromatic amines is 2. The zero-order chi connectivity index (χ0) is 7.52. The molecule has 2 aromatic rings. The maximum atomic E-state index is 4.88. The quantitative estimate of drug-likeness (QED) is 0.540. The van der Waals surface area contributed by atoms with Crippen LogP contribution in [0.2, 0.25) is 0 Å². The van der Waals surface area contributed by atoms with E-state index in [9.17, 15) is 0 Å². The number of nitrogens with one attached hydrogen (secondary N) is 2. The molecule has 0 radical (unpaired) electrons. The number of tetrazole rings is 2. The standard InChI is InChI=1S/C2H2N8O/c3-1(4-8-7-3)11-2-5-9-10-6-2/h(H,3,4,7,8)(H,5,6,9,10). The molecule has 56 valence electrons. The second-order valence-electron chi connectivity index (χ2n) is 1.51. The van der Waals surface area contributed by atoms with Crippen molar-refractivity contribution in [3.05, 3.63) is 0 Å².